The standard InChI is InChI=1S/C25H26N2O4/c1-18-21(26-25(31-18)19-8-4-3-5-9-19)14-17-30-23-11-6-10-22-20(23)13-16-27(22)15-7-12-24(28)29-2/h3-6,8-11,13,16H,7,12,14-15,17H2,1-2H3. The summed E-state index contributed by atoms with van der Waals surface area (Å²) in [5, 5.41) is 1.06. The molecular weight excluding hydrogens is 392 g/mol. The van der Waals surface area contributed by atoms with E-state index in [-0.39, 0.29) is 5.97 Å². The van der Waals surface area contributed by atoms with Crippen LogP contribution in [0, 0.1) is 6.92 Å². The van der Waals surface area contributed by atoms with E-state index in [1.165, 1.54) is 7.11 Å². The van der Waals surface area contributed by atoms with Gasteiger partial charge in [0.05, 0.1) is 24.9 Å². The molecule has 0 aliphatic rings. The van der Waals surface area contributed by atoms with Crippen LogP contribution in [-0.4, -0.2) is 29.2 Å². The molecule has 0 radical (unpaired) electrons. The lowest BCUT2D eigenvalue weighted by Crippen LogP contribution is -2.04. The van der Waals surface area contributed by atoms with Crippen molar-refractivity contribution in [1.82, 2.24) is 9.55 Å². The Bertz CT molecular complexity index is 1160. The minimum absolute atomic E-state index is 0.181. The van der Waals surface area contributed by atoms with E-state index in [4.69, 9.17) is 13.9 Å². The Hall–Kier alpha value is -3.54. The summed E-state index contributed by atoms with van der Waals surface area (Å²) in [6.07, 6.45) is 3.84. The predicted octanol–water partition coefficient (Wildman–Crippen LogP) is 5.18. The highest BCUT2D eigenvalue weighted by Crippen LogP contribution is 2.27. The first-order chi connectivity index (χ1) is 15.2. The van der Waals surface area contributed by atoms with E-state index in [1.807, 2.05) is 55.6 Å². The number of nitrogens with zero attached hydrogens (tertiary/aromatic N) is 2. The summed E-state index contributed by atoms with van der Waals surface area (Å²) < 4.78 is 18.8. The van der Waals surface area contributed by atoms with Gasteiger partial charge in [0, 0.05) is 36.5 Å². The number of aromatic nitrogens is 2. The smallest absolute Gasteiger partial charge is 0.305 e. The second-order valence-electron chi connectivity index (χ2n) is 7.36. The van der Waals surface area contributed by atoms with E-state index < -0.39 is 0 Å². The van der Waals surface area contributed by atoms with Gasteiger partial charge in [-0.1, -0.05) is 24.3 Å². The highest BCUT2D eigenvalue weighted by Gasteiger charge is 2.12. The number of aryl methyl sites for hydroxylation is 2. The zero-order valence-corrected chi connectivity index (χ0v) is 17.8. The van der Waals surface area contributed by atoms with Crippen LogP contribution in [0.15, 0.2) is 65.2 Å². The third kappa shape index (κ3) is 4.79. The summed E-state index contributed by atoms with van der Waals surface area (Å²) in [6.45, 7) is 3.20. The highest BCUT2D eigenvalue weighted by atomic mass is 16.5. The minimum atomic E-state index is -0.181. The third-order valence-corrected chi connectivity index (χ3v) is 5.29. The van der Waals surface area contributed by atoms with Crippen molar-refractivity contribution in [2.75, 3.05) is 13.7 Å². The maximum atomic E-state index is 11.3. The minimum Gasteiger partial charge on any atom is -0.492 e. The fourth-order valence-corrected chi connectivity index (χ4v) is 3.63. The first-order valence-electron chi connectivity index (χ1n) is 10.4. The number of fused-ring (bicyclic) bond motifs is 1. The van der Waals surface area contributed by atoms with Crippen molar-refractivity contribution >= 4 is 16.9 Å². The Labute approximate surface area is 181 Å². The van der Waals surface area contributed by atoms with Crippen molar-refractivity contribution in [3.8, 4) is 17.2 Å². The maximum Gasteiger partial charge on any atom is 0.305 e. The molecule has 6 heteroatoms. The van der Waals surface area contributed by atoms with Gasteiger partial charge in [-0.25, -0.2) is 4.98 Å². The second-order valence-corrected chi connectivity index (χ2v) is 7.36. The summed E-state index contributed by atoms with van der Waals surface area (Å²) in [6, 6.07) is 18.0. The van der Waals surface area contributed by atoms with Gasteiger partial charge in [-0.2, -0.15) is 0 Å². The third-order valence-electron chi connectivity index (χ3n) is 5.29. The van der Waals surface area contributed by atoms with Gasteiger partial charge >= 0.3 is 5.97 Å². The number of rotatable bonds is 9. The molecule has 160 valence electrons. The summed E-state index contributed by atoms with van der Waals surface area (Å²) >= 11 is 0. The van der Waals surface area contributed by atoms with Crippen LogP contribution >= 0.6 is 0 Å². The van der Waals surface area contributed by atoms with E-state index in [2.05, 4.69) is 21.7 Å². The van der Waals surface area contributed by atoms with Crippen molar-refractivity contribution in [3.05, 3.63) is 72.2 Å². The molecule has 31 heavy (non-hydrogen) atoms. The Balaban J connectivity index is 1.40. The number of hydrogen-bond acceptors (Lipinski definition) is 5. The second kappa shape index (κ2) is 9.51. The summed E-state index contributed by atoms with van der Waals surface area (Å²) in [5.41, 5.74) is 2.97. The van der Waals surface area contributed by atoms with Gasteiger partial charge in [0.2, 0.25) is 5.89 Å². The molecule has 4 rings (SSSR count). The van der Waals surface area contributed by atoms with Crippen LogP contribution in [-0.2, 0) is 22.5 Å². The molecule has 0 spiro atoms. The summed E-state index contributed by atoms with van der Waals surface area (Å²) in [5.74, 6) is 2.12. The molecular formula is C25H26N2O4. The SMILES string of the molecule is COC(=O)CCCn1ccc2c(OCCc3nc(-c4ccccc4)oc3C)cccc21. The van der Waals surface area contributed by atoms with E-state index in [9.17, 15) is 4.79 Å². The van der Waals surface area contributed by atoms with Crippen LogP contribution in [0.2, 0.25) is 0 Å². The number of carbonyl (C=O) groups excluding carboxylic acids is 1. The number of methoxy groups -OCH3 is 1. The molecule has 0 N–H and O–H groups in total. The molecule has 0 atom stereocenters. The van der Waals surface area contributed by atoms with Gasteiger partial charge in [-0.3, -0.25) is 4.79 Å². The molecule has 2 heterocycles. The van der Waals surface area contributed by atoms with E-state index in [0.29, 0.717) is 25.3 Å². The molecule has 4 aromatic rings. The van der Waals surface area contributed by atoms with Crippen LogP contribution in [0.4, 0.5) is 0 Å². The van der Waals surface area contributed by atoms with Gasteiger partial charge < -0.3 is 18.5 Å². The van der Waals surface area contributed by atoms with Crippen molar-refractivity contribution in [1.29, 1.82) is 0 Å². The van der Waals surface area contributed by atoms with E-state index in [1.54, 1.807) is 0 Å². The average molecular weight is 418 g/mol. The molecule has 0 aliphatic heterocycles. The Morgan fingerprint density at radius 1 is 1.10 bits per heavy atom. The van der Waals surface area contributed by atoms with Gasteiger partial charge in [-0.15, -0.1) is 0 Å². The Morgan fingerprint density at radius 3 is 2.74 bits per heavy atom. The highest BCUT2D eigenvalue weighted by molar-refractivity contribution is 5.86. The van der Waals surface area contributed by atoms with E-state index >= 15 is 0 Å². The van der Waals surface area contributed by atoms with Crippen molar-refractivity contribution < 1.29 is 18.7 Å². The first-order valence-corrected chi connectivity index (χ1v) is 10.4. The number of ether oxygens (including phenoxy) is 2. The quantitative estimate of drug-likeness (QED) is 0.351. The molecule has 0 fully saturated rings. The van der Waals surface area contributed by atoms with Gasteiger partial charge in [0.1, 0.15) is 11.5 Å². The van der Waals surface area contributed by atoms with Crippen LogP contribution in [0.5, 0.6) is 5.75 Å². The fourth-order valence-electron chi connectivity index (χ4n) is 3.63. The molecule has 0 bridgehead atoms. The van der Waals surface area contributed by atoms with Crippen molar-refractivity contribution in [2.45, 2.75) is 32.7 Å². The fraction of sp³-hybridized carbons (Fsp3) is 0.280. The molecule has 0 unspecified atom stereocenters. The molecule has 0 saturated heterocycles. The van der Waals surface area contributed by atoms with Crippen LogP contribution in [0.3, 0.4) is 0 Å². The van der Waals surface area contributed by atoms with Crippen LogP contribution < -0.4 is 4.74 Å². The largest absolute Gasteiger partial charge is 0.492 e. The predicted molar refractivity (Wildman–Crippen MR) is 119 cm³/mol. The lowest BCUT2D eigenvalue weighted by atomic mass is 10.2. The number of hydrogen-bond donors (Lipinski definition) is 0. The summed E-state index contributed by atoms with van der Waals surface area (Å²) in [4.78, 5) is 16.0. The molecule has 0 amide bonds. The molecule has 0 aliphatic carbocycles. The Kier molecular flexibility index (Phi) is 6.36. The zero-order valence-electron chi connectivity index (χ0n) is 17.8. The number of benzene rings is 2. The number of esters is 1. The topological polar surface area (TPSA) is 66.5 Å². The first kappa shape index (κ1) is 20.7. The van der Waals surface area contributed by atoms with Gasteiger partial charge in [0.15, 0.2) is 0 Å². The molecule has 2 aromatic heterocycles. The lowest BCUT2D eigenvalue weighted by molar-refractivity contribution is -0.140. The van der Waals surface area contributed by atoms with Crippen molar-refractivity contribution in [3.63, 3.8) is 0 Å². The van der Waals surface area contributed by atoms with E-state index in [0.717, 1.165) is 46.6 Å². The van der Waals surface area contributed by atoms with Crippen LogP contribution in [0.25, 0.3) is 22.4 Å². The lowest BCUT2D eigenvalue weighted by Gasteiger charge is -2.09. The van der Waals surface area contributed by atoms with Crippen molar-refractivity contribution in [2.24, 2.45) is 0 Å². The molecule has 2 aromatic carbocycles. The maximum absolute atomic E-state index is 11.3. The number of oxazole rings is 1. The summed E-state index contributed by atoms with van der Waals surface area (Å²) in [7, 11) is 1.42. The Morgan fingerprint density at radius 2 is 1.94 bits per heavy atom. The van der Waals surface area contributed by atoms with Gasteiger partial charge in [-0.05, 0) is 43.7 Å². The monoisotopic (exact) mass is 418 g/mol. The van der Waals surface area contributed by atoms with Gasteiger partial charge in [0.25, 0.3) is 0 Å². The van der Waals surface area contributed by atoms with Crippen LogP contribution in [0.1, 0.15) is 24.3 Å². The molecule has 0 saturated carbocycles. The normalized spacial score (nSPS) is 11.0. The zero-order chi connectivity index (χ0) is 21.6. The molecule has 6 nitrogen and oxygen atoms in total. The average Bonchev–Trinajstić information content (AvgIpc) is 3.38. The number of carbonyl (C=O) groups is 1.